The zero-order valence-electron chi connectivity index (χ0n) is 16.4. The molecule has 0 atom stereocenters. The van der Waals surface area contributed by atoms with Crippen molar-refractivity contribution in [2.24, 2.45) is 0 Å². The van der Waals surface area contributed by atoms with Crippen LogP contribution in [0.1, 0.15) is 30.1 Å². The zero-order chi connectivity index (χ0) is 21.1. The van der Waals surface area contributed by atoms with Crippen LogP contribution in [0.15, 0.2) is 42.7 Å². The number of piperidine rings is 1. The molecule has 0 radical (unpaired) electrons. The molecule has 2 aromatic heterocycles. The number of anilines is 2. The van der Waals surface area contributed by atoms with E-state index in [0.29, 0.717) is 22.7 Å². The summed E-state index contributed by atoms with van der Waals surface area (Å²) in [5, 5.41) is 6.91. The van der Waals surface area contributed by atoms with Gasteiger partial charge in [-0.3, -0.25) is 9.59 Å². The number of pyridine rings is 1. The summed E-state index contributed by atoms with van der Waals surface area (Å²) in [5.41, 5.74) is 1.29. The number of amides is 2. The summed E-state index contributed by atoms with van der Waals surface area (Å²) in [7, 11) is 0. The standard InChI is InChI=1S/C21H21IN6O2/c1-13(29)28-9-7-15(8-10-28)25-21-24-11-16-18(26-21)17(22)12-23-19(16)27-20(30)14-5-3-2-4-6-14/h2-6,11-12,15H,7-10H2,1H3,(H,23,27,30)(H,24,25,26). The van der Waals surface area contributed by atoms with Gasteiger partial charge in [-0.15, -0.1) is 0 Å². The number of benzene rings is 1. The minimum atomic E-state index is -0.231. The maximum absolute atomic E-state index is 12.5. The summed E-state index contributed by atoms with van der Waals surface area (Å²) >= 11 is 2.18. The molecule has 1 aliphatic heterocycles. The van der Waals surface area contributed by atoms with Crippen LogP contribution in [0.4, 0.5) is 11.8 Å². The van der Waals surface area contributed by atoms with Crippen molar-refractivity contribution in [2.75, 3.05) is 23.7 Å². The SMILES string of the molecule is CC(=O)N1CCC(Nc2ncc3c(NC(=O)c4ccccc4)ncc(I)c3n2)CC1. The zero-order valence-corrected chi connectivity index (χ0v) is 18.6. The fourth-order valence-electron chi connectivity index (χ4n) is 3.45. The third-order valence-corrected chi connectivity index (χ3v) is 5.91. The highest BCUT2D eigenvalue weighted by Gasteiger charge is 2.21. The number of fused-ring (bicyclic) bond motifs is 1. The summed E-state index contributed by atoms with van der Waals surface area (Å²) in [6.07, 6.45) is 5.08. The van der Waals surface area contributed by atoms with Crippen molar-refractivity contribution < 1.29 is 9.59 Å². The van der Waals surface area contributed by atoms with Gasteiger partial charge < -0.3 is 15.5 Å². The molecule has 0 spiro atoms. The number of rotatable bonds is 4. The highest BCUT2D eigenvalue weighted by atomic mass is 127. The number of hydrogen-bond donors (Lipinski definition) is 2. The van der Waals surface area contributed by atoms with Crippen molar-refractivity contribution in [2.45, 2.75) is 25.8 Å². The number of likely N-dealkylation sites (tertiary alicyclic amines) is 1. The summed E-state index contributed by atoms with van der Waals surface area (Å²) in [6, 6.07) is 9.21. The van der Waals surface area contributed by atoms with Gasteiger partial charge in [0, 0.05) is 44.0 Å². The Morgan fingerprint density at radius 2 is 1.83 bits per heavy atom. The molecule has 154 valence electrons. The van der Waals surface area contributed by atoms with E-state index in [1.54, 1.807) is 31.5 Å². The Morgan fingerprint density at radius 1 is 1.10 bits per heavy atom. The third kappa shape index (κ3) is 4.50. The molecule has 1 aliphatic rings. The van der Waals surface area contributed by atoms with Crippen LogP contribution in [0.3, 0.4) is 0 Å². The van der Waals surface area contributed by atoms with E-state index in [-0.39, 0.29) is 17.9 Å². The van der Waals surface area contributed by atoms with Gasteiger partial charge in [-0.2, -0.15) is 0 Å². The molecule has 2 N–H and O–H groups in total. The number of carbonyl (C=O) groups excluding carboxylic acids is 2. The van der Waals surface area contributed by atoms with Crippen LogP contribution in [0, 0.1) is 3.57 Å². The summed E-state index contributed by atoms with van der Waals surface area (Å²) in [4.78, 5) is 39.3. The van der Waals surface area contributed by atoms with Gasteiger partial charge in [0.25, 0.3) is 5.91 Å². The third-order valence-electron chi connectivity index (χ3n) is 5.12. The van der Waals surface area contributed by atoms with Crippen LogP contribution in [0.5, 0.6) is 0 Å². The van der Waals surface area contributed by atoms with E-state index < -0.39 is 0 Å². The van der Waals surface area contributed by atoms with Gasteiger partial charge in [0.05, 0.1) is 14.5 Å². The van der Waals surface area contributed by atoms with E-state index in [2.05, 4.69) is 48.2 Å². The second-order valence-electron chi connectivity index (χ2n) is 7.16. The van der Waals surface area contributed by atoms with E-state index >= 15 is 0 Å². The molecule has 3 aromatic rings. The first-order valence-electron chi connectivity index (χ1n) is 9.71. The van der Waals surface area contributed by atoms with Crippen LogP contribution in [0.25, 0.3) is 10.9 Å². The quantitative estimate of drug-likeness (QED) is 0.517. The largest absolute Gasteiger partial charge is 0.351 e. The molecule has 2 amide bonds. The lowest BCUT2D eigenvalue weighted by Crippen LogP contribution is -2.41. The van der Waals surface area contributed by atoms with Gasteiger partial charge in [0.1, 0.15) is 5.82 Å². The maximum atomic E-state index is 12.5. The van der Waals surface area contributed by atoms with Crippen molar-refractivity contribution in [3.8, 4) is 0 Å². The fourth-order valence-corrected chi connectivity index (χ4v) is 4.00. The molecule has 0 bridgehead atoms. The molecule has 1 fully saturated rings. The van der Waals surface area contributed by atoms with Crippen LogP contribution < -0.4 is 10.6 Å². The summed E-state index contributed by atoms with van der Waals surface area (Å²) in [5.74, 6) is 0.849. The topological polar surface area (TPSA) is 100 Å². The number of hydrogen-bond acceptors (Lipinski definition) is 6. The Morgan fingerprint density at radius 3 is 2.53 bits per heavy atom. The van der Waals surface area contributed by atoms with Crippen molar-refractivity contribution in [3.05, 3.63) is 51.9 Å². The second-order valence-corrected chi connectivity index (χ2v) is 8.32. The molecule has 0 aliphatic carbocycles. The fraction of sp³-hybridized carbons (Fsp3) is 0.286. The smallest absolute Gasteiger partial charge is 0.256 e. The average Bonchev–Trinajstić information content (AvgIpc) is 2.77. The van der Waals surface area contributed by atoms with E-state index in [1.165, 1.54) is 0 Å². The van der Waals surface area contributed by atoms with Gasteiger partial charge in [0.15, 0.2) is 0 Å². The number of nitrogens with one attached hydrogen (secondary N) is 2. The highest BCUT2D eigenvalue weighted by molar-refractivity contribution is 14.1. The number of halogens is 1. The van der Waals surface area contributed by atoms with E-state index in [9.17, 15) is 9.59 Å². The summed E-state index contributed by atoms with van der Waals surface area (Å²) in [6.45, 7) is 3.07. The van der Waals surface area contributed by atoms with Crippen LogP contribution in [-0.4, -0.2) is 50.8 Å². The molecule has 4 rings (SSSR count). The molecule has 9 heteroatoms. The minimum absolute atomic E-state index is 0.113. The van der Waals surface area contributed by atoms with Crippen molar-refractivity contribution in [1.82, 2.24) is 19.9 Å². The summed E-state index contributed by atoms with van der Waals surface area (Å²) < 4.78 is 0.872. The average molecular weight is 516 g/mol. The minimum Gasteiger partial charge on any atom is -0.351 e. The van der Waals surface area contributed by atoms with Gasteiger partial charge in [-0.05, 0) is 47.6 Å². The van der Waals surface area contributed by atoms with Crippen molar-refractivity contribution in [1.29, 1.82) is 0 Å². The number of aromatic nitrogens is 3. The lowest BCUT2D eigenvalue weighted by Gasteiger charge is -2.31. The Bertz CT molecular complexity index is 1080. The monoisotopic (exact) mass is 516 g/mol. The van der Waals surface area contributed by atoms with Crippen LogP contribution in [-0.2, 0) is 4.79 Å². The highest BCUT2D eigenvalue weighted by Crippen LogP contribution is 2.25. The lowest BCUT2D eigenvalue weighted by atomic mass is 10.1. The van der Waals surface area contributed by atoms with Gasteiger partial charge in [-0.25, -0.2) is 15.0 Å². The Hall–Kier alpha value is -2.82. The lowest BCUT2D eigenvalue weighted by molar-refractivity contribution is -0.129. The second kappa shape index (κ2) is 8.90. The molecule has 0 saturated carbocycles. The van der Waals surface area contributed by atoms with E-state index in [0.717, 1.165) is 35.0 Å². The maximum Gasteiger partial charge on any atom is 0.256 e. The molecule has 3 heterocycles. The molecule has 8 nitrogen and oxygen atoms in total. The Kier molecular flexibility index (Phi) is 6.07. The van der Waals surface area contributed by atoms with Gasteiger partial charge >= 0.3 is 0 Å². The Labute approximate surface area is 187 Å². The Balaban J connectivity index is 1.53. The van der Waals surface area contributed by atoms with Gasteiger partial charge in [-0.1, -0.05) is 18.2 Å². The number of nitrogens with zero attached hydrogens (tertiary/aromatic N) is 4. The van der Waals surface area contributed by atoms with Crippen molar-refractivity contribution >= 4 is 57.1 Å². The van der Waals surface area contributed by atoms with Crippen LogP contribution >= 0.6 is 22.6 Å². The molecule has 0 unspecified atom stereocenters. The predicted octanol–water partition coefficient (Wildman–Crippen LogP) is 3.30. The molecular formula is C21H21IN6O2. The molecule has 1 aromatic carbocycles. The van der Waals surface area contributed by atoms with Gasteiger partial charge in [0.2, 0.25) is 11.9 Å². The normalized spacial score (nSPS) is 14.5. The molecular weight excluding hydrogens is 495 g/mol. The predicted molar refractivity (Wildman–Crippen MR) is 123 cm³/mol. The number of carbonyl (C=O) groups is 2. The first-order valence-corrected chi connectivity index (χ1v) is 10.8. The molecule has 1 saturated heterocycles. The van der Waals surface area contributed by atoms with E-state index in [4.69, 9.17) is 0 Å². The molecule has 30 heavy (non-hydrogen) atoms. The van der Waals surface area contributed by atoms with Crippen molar-refractivity contribution in [3.63, 3.8) is 0 Å². The van der Waals surface area contributed by atoms with Crippen LogP contribution in [0.2, 0.25) is 0 Å². The first-order chi connectivity index (χ1) is 14.5. The first kappa shape index (κ1) is 20.5. The van der Waals surface area contributed by atoms with E-state index in [1.807, 2.05) is 23.1 Å².